The van der Waals surface area contributed by atoms with Gasteiger partial charge in [-0.3, -0.25) is 9.89 Å². The van der Waals surface area contributed by atoms with E-state index in [9.17, 15) is 4.39 Å². The van der Waals surface area contributed by atoms with E-state index < -0.39 is 5.82 Å². The van der Waals surface area contributed by atoms with Crippen LogP contribution in [0.4, 0.5) is 10.1 Å². The van der Waals surface area contributed by atoms with Crippen LogP contribution in [-0.2, 0) is 14.2 Å². The van der Waals surface area contributed by atoms with Crippen molar-refractivity contribution in [2.45, 2.75) is 12.5 Å². The van der Waals surface area contributed by atoms with Crippen LogP contribution in [0.5, 0.6) is 0 Å². The maximum absolute atomic E-state index is 13.5. The molecule has 2 atom stereocenters. The summed E-state index contributed by atoms with van der Waals surface area (Å²) >= 11 is 5.91. The third kappa shape index (κ3) is 5.44. The molecule has 166 valence electrons. The van der Waals surface area contributed by atoms with Gasteiger partial charge in [-0.1, -0.05) is 11.6 Å². The van der Waals surface area contributed by atoms with Gasteiger partial charge in [-0.2, -0.15) is 0 Å². The number of morpholine rings is 1. The number of benzene rings is 1. The zero-order chi connectivity index (χ0) is 21.6. The van der Waals surface area contributed by atoms with E-state index in [1.807, 2.05) is 12.2 Å². The number of nitrogens with one attached hydrogen (secondary N) is 1. The first-order chi connectivity index (χ1) is 15.1. The molecule has 4 rings (SSSR count). The molecular weight excluding hydrogens is 423 g/mol. The van der Waals surface area contributed by atoms with Crippen LogP contribution in [0.2, 0.25) is 5.02 Å². The Kier molecular flexibility index (Phi) is 7.21. The molecule has 0 bridgehead atoms. The van der Waals surface area contributed by atoms with Crippen molar-refractivity contribution in [3.8, 4) is 0 Å². The molecule has 0 radical (unpaired) electrons. The van der Waals surface area contributed by atoms with E-state index in [2.05, 4.69) is 20.2 Å². The summed E-state index contributed by atoms with van der Waals surface area (Å²) in [4.78, 5) is 11.2. The minimum Gasteiger partial charge on any atom is -0.493 e. The topological polar surface area (TPSA) is 67.7 Å². The lowest BCUT2D eigenvalue weighted by atomic mass is 9.91. The second-order valence-corrected chi connectivity index (χ2v) is 7.88. The highest BCUT2D eigenvalue weighted by atomic mass is 35.5. The molecule has 2 aliphatic heterocycles. The molecule has 31 heavy (non-hydrogen) atoms. The summed E-state index contributed by atoms with van der Waals surface area (Å²) in [6, 6.07) is 4.32. The fourth-order valence-electron chi connectivity index (χ4n) is 3.74. The molecule has 3 aliphatic rings. The lowest BCUT2D eigenvalue weighted by Gasteiger charge is -2.29. The normalized spacial score (nSPS) is 23.4. The standard InChI is InChI=1S/C22H26ClFN4O3/c1-29-20-13-19-16(12-21(20)31-8-2-5-28-6-9-30-10-7-28)22(26-14-25-19)27-15-3-4-18(24)17(23)11-15/h3-4,11-14,16,19H,2,5-10H2,1H3,(H,25,26,27). The third-order valence-electron chi connectivity index (χ3n) is 5.41. The Morgan fingerprint density at radius 2 is 2.10 bits per heavy atom. The molecule has 1 saturated heterocycles. The van der Waals surface area contributed by atoms with E-state index in [1.165, 1.54) is 18.5 Å². The van der Waals surface area contributed by atoms with E-state index in [0.717, 1.165) is 39.3 Å². The van der Waals surface area contributed by atoms with Gasteiger partial charge in [-0.05, 0) is 36.8 Å². The lowest BCUT2D eigenvalue weighted by Crippen LogP contribution is -2.37. The highest BCUT2D eigenvalue weighted by molar-refractivity contribution is 6.31. The number of amidine groups is 1. The van der Waals surface area contributed by atoms with Gasteiger partial charge in [0.05, 0.1) is 43.9 Å². The summed E-state index contributed by atoms with van der Waals surface area (Å²) in [5.74, 6) is 1.41. The van der Waals surface area contributed by atoms with E-state index >= 15 is 0 Å². The fraction of sp³-hybridized carbons (Fsp3) is 0.455. The molecule has 7 nitrogen and oxygen atoms in total. The van der Waals surface area contributed by atoms with Crippen LogP contribution in [0.15, 0.2) is 51.9 Å². The first-order valence-corrected chi connectivity index (χ1v) is 10.7. The third-order valence-corrected chi connectivity index (χ3v) is 5.70. The Hall–Kier alpha value is -2.42. The van der Waals surface area contributed by atoms with E-state index in [-0.39, 0.29) is 17.0 Å². The molecule has 0 amide bonds. The van der Waals surface area contributed by atoms with Gasteiger partial charge in [-0.15, -0.1) is 0 Å². The number of fused-ring (bicyclic) bond motifs is 1. The van der Waals surface area contributed by atoms with Gasteiger partial charge < -0.3 is 19.5 Å². The largest absolute Gasteiger partial charge is 0.493 e. The van der Waals surface area contributed by atoms with Crippen LogP contribution >= 0.6 is 11.6 Å². The van der Waals surface area contributed by atoms with Crippen LogP contribution < -0.4 is 5.32 Å². The SMILES string of the molecule is COC1=CC2N=CN=C(Nc3ccc(F)c(Cl)c3)C2C=C1OCCCN1CCOCC1. The number of ether oxygens (including phenoxy) is 3. The molecule has 9 heteroatoms. The molecule has 0 aromatic heterocycles. The molecular formula is C22H26ClFN4O3. The molecule has 1 aromatic rings. The summed E-state index contributed by atoms with van der Waals surface area (Å²) in [5, 5.41) is 3.28. The van der Waals surface area contributed by atoms with Gasteiger partial charge in [0.25, 0.3) is 0 Å². The number of methoxy groups -OCH3 is 1. The minimum atomic E-state index is -0.463. The second kappa shape index (κ2) is 10.3. The molecule has 1 fully saturated rings. The molecule has 0 spiro atoms. The summed E-state index contributed by atoms with van der Waals surface area (Å²) in [5.41, 5.74) is 0.655. The van der Waals surface area contributed by atoms with E-state index in [1.54, 1.807) is 13.2 Å². The van der Waals surface area contributed by atoms with E-state index in [0.29, 0.717) is 29.6 Å². The molecule has 1 N–H and O–H groups in total. The Labute approximate surface area is 186 Å². The number of hydrogen-bond donors (Lipinski definition) is 1. The van der Waals surface area contributed by atoms with Crippen molar-refractivity contribution in [2.24, 2.45) is 15.9 Å². The van der Waals surface area contributed by atoms with Gasteiger partial charge in [0, 0.05) is 25.3 Å². The first-order valence-electron chi connectivity index (χ1n) is 10.4. The number of halogens is 2. The highest BCUT2D eigenvalue weighted by Gasteiger charge is 2.32. The smallest absolute Gasteiger partial charge is 0.158 e. The van der Waals surface area contributed by atoms with Crippen molar-refractivity contribution < 1.29 is 18.6 Å². The summed E-state index contributed by atoms with van der Waals surface area (Å²) in [7, 11) is 1.62. The van der Waals surface area contributed by atoms with Gasteiger partial charge in [0.2, 0.25) is 0 Å². The monoisotopic (exact) mass is 448 g/mol. The Morgan fingerprint density at radius 1 is 1.26 bits per heavy atom. The number of hydrogen-bond acceptors (Lipinski definition) is 7. The van der Waals surface area contributed by atoms with Crippen molar-refractivity contribution in [3.63, 3.8) is 0 Å². The number of aliphatic imine (C=N–C) groups is 2. The highest BCUT2D eigenvalue weighted by Crippen LogP contribution is 2.30. The predicted octanol–water partition coefficient (Wildman–Crippen LogP) is 3.48. The summed E-state index contributed by atoms with van der Waals surface area (Å²) in [6.07, 6.45) is 6.34. The zero-order valence-electron chi connectivity index (χ0n) is 17.4. The molecule has 0 saturated carbocycles. The predicted molar refractivity (Wildman–Crippen MR) is 119 cm³/mol. The fourth-order valence-corrected chi connectivity index (χ4v) is 3.92. The second-order valence-electron chi connectivity index (χ2n) is 7.47. The van der Waals surface area contributed by atoms with Crippen LogP contribution in [0, 0.1) is 11.7 Å². The van der Waals surface area contributed by atoms with Crippen molar-refractivity contribution in [1.82, 2.24) is 4.90 Å². The van der Waals surface area contributed by atoms with Crippen molar-refractivity contribution in [3.05, 3.63) is 52.7 Å². The van der Waals surface area contributed by atoms with Gasteiger partial charge in [0.1, 0.15) is 18.0 Å². The Balaban J connectivity index is 1.41. The zero-order valence-corrected chi connectivity index (χ0v) is 18.1. The van der Waals surface area contributed by atoms with E-state index in [4.69, 9.17) is 25.8 Å². The van der Waals surface area contributed by atoms with Crippen LogP contribution in [0.25, 0.3) is 0 Å². The van der Waals surface area contributed by atoms with Crippen molar-refractivity contribution in [2.75, 3.05) is 51.9 Å². The average molecular weight is 449 g/mol. The van der Waals surface area contributed by atoms with Crippen LogP contribution in [0.1, 0.15) is 6.42 Å². The maximum atomic E-state index is 13.5. The van der Waals surface area contributed by atoms with Gasteiger partial charge >= 0.3 is 0 Å². The molecule has 1 aliphatic carbocycles. The molecule has 2 heterocycles. The molecule has 1 aromatic carbocycles. The van der Waals surface area contributed by atoms with Crippen molar-refractivity contribution in [1.29, 1.82) is 0 Å². The number of nitrogens with zero attached hydrogens (tertiary/aromatic N) is 3. The summed E-state index contributed by atoms with van der Waals surface area (Å²) < 4.78 is 30.5. The summed E-state index contributed by atoms with van der Waals surface area (Å²) in [6.45, 7) is 5.07. The molecule has 2 unspecified atom stereocenters. The Morgan fingerprint density at radius 3 is 2.87 bits per heavy atom. The average Bonchev–Trinajstić information content (AvgIpc) is 2.79. The van der Waals surface area contributed by atoms with Crippen LogP contribution in [0.3, 0.4) is 0 Å². The quantitative estimate of drug-likeness (QED) is 0.647. The maximum Gasteiger partial charge on any atom is 0.158 e. The van der Waals surface area contributed by atoms with Crippen LogP contribution in [-0.4, -0.2) is 69.7 Å². The number of rotatable bonds is 7. The van der Waals surface area contributed by atoms with Gasteiger partial charge in [0.15, 0.2) is 11.5 Å². The van der Waals surface area contributed by atoms with Gasteiger partial charge in [-0.25, -0.2) is 9.38 Å². The van der Waals surface area contributed by atoms with Crippen molar-refractivity contribution >= 4 is 29.5 Å². The number of anilines is 1. The Bertz CT molecular complexity index is 912. The lowest BCUT2D eigenvalue weighted by molar-refractivity contribution is 0.0341. The minimum absolute atomic E-state index is 0.0525. The first kappa shape index (κ1) is 21.8.